The van der Waals surface area contributed by atoms with Gasteiger partial charge in [0.25, 0.3) is 0 Å². The maximum Gasteiger partial charge on any atom is 0.215 e. The third kappa shape index (κ3) is 4.43. The zero-order valence-corrected chi connectivity index (χ0v) is 11.8. The number of hydrogen-bond donors (Lipinski definition) is 1. The molecule has 0 unspecified atom stereocenters. The molecule has 0 aliphatic heterocycles. The van der Waals surface area contributed by atoms with Crippen LogP contribution in [0.25, 0.3) is 0 Å². The third-order valence-corrected chi connectivity index (χ3v) is 3.97. The van der Waals surface area contributed by atoms with Crippen LogP contribution in [0.5, 0.6) is 0 Å². The predicted molar refractivity (Wildman–Crippen MR) is 72.0 cm³/mol. The van der Waals surface area contributed by atoms with Crippen molar-refractivity contribution in [2.24, 2.45) is 0 Å². The highest BCUT2D eigenvalue weighted by molar-refractivity contribution is 7.88. The quantitative estimate of drug-likeness (QED) is 0.882. The molecule has 1 aromatic heterocycles. The highest BCUT2D eigenvalue weighted by atomic mass is 32.2. The van der Waals surface area contributed by atoms with E-state index in [9.17, 15) is 12.8 Å². The van der Waals surface area contributed by atoms with Crippen LogP contribution in [-0.2, 0) is 22.2 Å². The van der Waals surface area contributed by atoms with Gasteiger partial charge in [0.2, 0.25) is 10.0 Å². The number of benzene rings is 1. The van der Waals surface area contributed by atoms with Crippen molar-refractivity contribution in [3.8, 4) is 0 Å². The van der Waals surface area contributed by atoms with Gasteiger partial charge < -0.3 is 4.52 Å². The van der Waals surface area contributed by atoms with E-state index >= 15 is 0 Å². The standard InChI is InChI=1S/C13H15FN2O3S/c1-10-7-13(19-16-10)5-6-15-20(17,18)9-11-3-2-4-12(14)8-11/h2-4,7-8,15H,5-6,9H2,1H3. The second kappa shape index (κ2) is 6.15. The fourth-order valence-electron chi connectivity index (χ4n) is 1.76. The molecule has 0 bridgehead atoms. The largest absolute Gasteiger partial charge is 0.361 e. The van der Waals surface area contributed by atoms with E-state index in [1.807, 2.05) is 0 Å². The summed E-state index contributed by atoms with van der Waals surface area (Å²) < 4.78 is 44.1. The molecular formula is C13H15FN2O3S. The lowest BCUT2D eigenvalue weighted by molar-refractivity contribution is 0.379. The second-order valence-corrected chi connectivity index (χ2v) is 6.27. The summed E-state index contributed by atoms with van der Waals surface area (Å²) in [6, 6.07) is 7.29. The van der Waals surface area contributed by atoms with Gasteiger partial charge in [0.05, 0.1) is 11.4 Å². The number of nitrogens with zero attached hydrogens (tertiary/aromatic N) is 1. The van der Waals surface area contributed by atoms with Gasteiger partial charge >= 0.3 is 0 Å². The van der Waals surface area contributed by atoms with E-state index in [-0.39, 0.29) is 12.3 Å². The molecule has 108 valence electrons. The molecule has 0 spiro atoms. The zero-order chi connectivity index (χ0) is 14.6. The molecule has 0 aliphatic carbocycles. The first-order chi connectivity index (χ1) is 9.44. The molecule has 0 fully saturated rings. The van der Waals surface area contributed by atoms with Crippen LogP contribution in [0.3, 0.4) is 0 Å². The van der Waals surface area contributed by atoms with Crippen molar-refractivity contribution in [1.82, 2.24) is 9.88 Å². The number of rotatable bonds is 6. The first-order valence-corrected chi connectivity index (χ1v) is 7.74. The lowest BCUT2D eigenvalue weighted by Crippen LogP contribution is -2.27. The maximum atomic E-state index is 13.0. The SMILES string of the molecule is Cc1cc(CCNS(=O)(=O)Cc2cccc(F)c2)on1. The molecule has 2 aromatic rings. The van der Waals surface area contributed by atoms with Gasteiger partial charge in [0.15, 0.2) is 0 Å². The monoisotopic (exact) mass is 298 g/mol. The molecular weight excluding hydrogens is 283 g/mol. The molecule has 1 heterocycles. The Balaban J connectivity index is 1.88. The molecule has 1 aromatic carbocycles. The first kappa shape index (κ1) is 14.7. The fraction of sp³-hybridized carbons (Fsp3) is 0.308. The number of sulfonamides is 1. The molecule has 20 heavy (non-hydrogen) atoms. The number of hydrogen-bond acceptors (Lipinski definition) is 4. The lowest BCUT2D eigenvalue weighted by atomic mass is 10.2. The van der Waals surface area contributed by atoms with Gasteiger partial charge in [-0.3, -0.25) is 0 Å². The minimum absolute atomic E-state index is 0.215. The highest BCUT2D eigenvalue weighted by Crippen LogP contribution is 2.08. The normalized spacial score (nSPS) is 11.7. The Hall–Kier alpha value is -1.73. The van der Waals surface area contributed by atoms with Crippen molar-refractivity contribution in [1.29, 1.82) is 0 Å². The van der Waals surface area contributed by atoms with E-state index in [0.717, 1.165) is 5.69 Å². The number of nitrogens with one attached hydrogen (secondary N) is 1. The van der Waals surface area contributed by atoms with E-state index in [1.165, 1.54) is 18.2 Å². The molecule has 2 rings (SSSR count). The van der Waals surface area contributed by atoms with Crippen molar-refractivity contribution >= 4 is 10.0 Å². The Bertz CT molecular complexity index is 682. The van der Waals surface area contributed by atoms with Crippen LogP contribution < -0.4 is 4.72 Å². The maximum absolute atomic E-state index is 13.0. The summed E-state index contributed by atoms with van der Waals surface area (Å²) in [6.07, 6.45) is 0.420. The summed E-state index contributed by atoms with van der Waals surface area (Å²) in [6.45, 7) is 2.01. The van der Waals surface area contributed by atoms with Crippen LogP contribution in [0, 0.1) is 12.7 Å². The smallest absolute Gasteiger partial charge is 0.215 e. The molecule has 0 amide bonds. The van der Waals surface area contributed by atoms with Gasteiger partial charge in [-0.15, -0.1) is 0 Å². The Morgan fingerprint density at radius 1 is 1.35 bits per heavy atom. The highest BCUT2D eigenvalue weighted by Gasteiger charge is 2.12. The van der Waals surface area contributed by atoms with Gasteiger partial charge in [0, 0.05) is 19.0 Å². The van der Waals surface area contributed by atoms with Crippen LogP contribution in [0.4, 0.5) is 4.39 Å². The van der Waals surface area contributed by atoms with E-state index in [4.69, 9.17) is 4.52 Å². The summed E-state index contributed by atoms with van der Waals surface area (Å²) >= 11 is 0. The minimum atomic E-state index is -3.49. The van der Waals surface area contributed by atoms with Crippen molar-refractivity contribution in [2.75, 3.05) is 6.54 Å². The third-order valence-electron chi connectivity index (χ3n) is 2.62. The zero-order valence-electron chi connectivity index (χ0n) is 11.0. The number of aryl methyl sites for hydroxylation is 1. The van der Waals surface area contributed by atoms with Gasteiger partial charge in [-0.2, -0.15) is 0 Å². The molecule has 0 aliphatic rings. The molecule has 0 radical (unpaired) electrons. The molecule has 7 heteroatoms. The van der Waals surface area contributed by atoms with E-state index < -0.39 is 15.8 Å². The Morgan fingerprint density at radius 3 is 2.80 bits per heavy atom. The van der Waals surface area contributed by atoms with Gasteiger partial charge in [-0.05, 0) is 24.6 Å². The number of aromatic nitrogens is 1. The van der Waals surface area contributed by atoms with Crippen molar-refractivity contribution in [3.63, 3.8) is 0 Å². The Morgan fingerprint density at radius 2 is 2.15 bits per heavy atom. The average Bonchev–Trinajstić information content (AvgIpc) is 2.74. The van der Waals surface area contributed by atoms with Crippen LogP contribution in [0.2, 0.25) is 0 Å². The minimum Gasteiger partial charge on any atom is -0.361 e. The van der Waals surface area contributed by atoms with Gasteiger partial charge in [0.1, 0.15) is 11.6 Å². The van der Waals surface area contributed by atoms with Gasteiger partial charge in [-0.25, -0.2) is 17.5 Å². The summed E-state index contributed by atoms with van der Waals surface area (Å²) in [5.74, 6) is -0.0778. The average molecular weight is 298 g/mol. The Kier molecular flexibility index (Phi) is 4.51. The molecule has 1 N–H and O–H groups in total. The van der Waals surface area contributed by atoms with E-state index in [0.29, 0.717) is 17.7 Å². The number of halogens is 1. The fourth-order valence-corrected chi connectivity index (χ4v) is 2.89. The van der Waals surface area contributed by atoms with Crippen molar-refractivity contribution in [2.45, 2.75) is 19.1 Å². The lowest BCUT2D eigenvalue weighted by Gasteiger charge is -2.05. The second-order valence-electron chi connectivity index (χ2n) is 4.47. The Labute approximate surface area is 116 Å². The van der Waals surface area contributed by atoms with E-state index in [2.05, 4.69) is 9.88 Å². The first-order valence-electron chi connectivity index (χ1n) is 6.08. The molecule has 0 atom stereocenters. The van der Waals surface area contributed by atoms with E-state index in [1.54, 1.807) is 19.1 Å². The van der Waals surface area contributed by atoms with Crippen molar-refractivity contribution in [3.05, 3.63) is 53.2 Å². The van der Waals surface area contributed by atoms with Crippen LogP contribution in [0.1, 0.15) is 17.0 Å². The topological polar surface area (TPSA) is 72.2 Å². The molecule has 0 saturated heterocycles. The summed E-state index contributed by atoms with van der Waals surface area (Å²) in [4.78, 5) is 0. The predicted octanol–water partition coefficient (Wildman–Crippen LogP) is 1.78. The van der Waals surface area contributed by atoms with Crippen molar-refractivity contribution < 1.29 is 17.3 Å². The molecule has 5 nitrogen and oxygen atoms in total. The summed E-state index contributed by atoms with van der Waals surface area (Å²) in [5.41, 5.74) is 1.16. The van der Waals surface area contributed by atoms with Gasteiger partial charge in [-0.1, -0.05) is 17.3 Å². The van der Waals surface area contributed by atoms with Crippen LogP contribution in [-0.4, -0.2) is 20.1 Å². The van der Waals surface area contributed by atoms with Crippen LogP contribution in [0.15, 0.2) is 34.9 Å². The summed E-state index contributed by atoms with van der Waals surface area (Å²) in [7, 11) is -3.49. The van der Waals surface area contributed by atoms with Crippen LogP contribution >= 0.6 is 0 Å². The summed E-state index contributed by atoms with van der Waals surface area (Å²) in [5, 5.41) is 3.72. The molecule has 0 saturated carbocycles.